The van der Waals surface area contributed by atoms with E-state index in [-0.39, 0.29) is 10.6 Å². The van der Waals surface area contributed by atoms with Crippen LogP contribution in [0, 0.1) is 0 Å². The van der Waals surface area contributed by atoms with Crippen molar-refractivity contribution in [3.63, 3.8) is 0 Å². The van der Waals surface area contributed by atoms with Crippen molar-refractivity contribution in [1.29, 1.82) is 0 Å². The number of halogens is 3. The Hall–Kier alpha value is -2.99. The molecule has 0 unspecified atom stereocenters. The number of amides is 1. The molecule has 8 nitrogen and oxygen atoms in total. The Labute approximate surface area is 176 Å². The third-order valence-corrected chi connectivity index (χ3v) is 5.96. The minimum Gasteiger partial charge on any atom is -0.490 e. The summed E-state index contributed by atoms with van der Waals surface area (Å²) in [6.07, 6.45) is -4.16. The molecule has 0 aromatic heterocycles. The summed E-state index contributed by atoms with van der Waals surface area (Å²) in [6, 6.07) is 8.66. The smallest absolute Gasteiger partial charge is 0.490 e. The van der Waals surface area contributed by atoms with E-state index >= 15 is 0 Å². The normalized spacial score (nSPS) is 14.1. The lowest BCUT2D eigenvalue weighted by Crippen LogP contribution is -2.35. The average Bonchev–Trinajstić information content (AvgIpc) is 2.93. The van der Waals surface area contributed by atoms with Crippen molar-refractivity contribution >= 4 is 21.6 Å². The van der Waals surface area contributed by atoms with Crippen molar-refractivity contribution in [2.45, 2.75) is 17.7 Å². The summed E-state index contributed by atoms with van der Waals surface area (Å²) in [7, 11) is -2.77. The first-order chi connectivity index (χ1) is 14.5. The van der Waals surface area contributed by atoms with E-state index in [0.717, 1.165) is 16.4 Å². The van der Waals surface area contributed by atoms with Gasteiger partial charge in [-0.1, -0.05) is 0 Å². The van der Waals surface area contributed by atoms with Crippen molar-refractivity contribution in [2.24, 2.45) is 0 Å². The van der Waals surface area contributed by atoms with Gasteiger partial charge in [0.25, 0.3) is 0 Å². The zero-order chi connectivity index (χ0) is 22.6. The largest absolute Gasteiger partial charge is 0.573 e. The molecule has 0 radical (unpaired) electrons. The lowest BCUT2D eigenvalue weighted by atomic mass is 10.3. The number of carbonyl (C=O) groups excluding carboxylic acids is 1. The van der Waals surface area contributed by atoms with Gasteiger partial charge in [-0.15, -0.1) is 13.2 Å². The quantitative estimate of drug-likeness (QED) is 0.712. The number of likely N-dealkylation sites (N-methyl/N-ethyl adjacent to an activating group) is 1. The molecule has 0 bridgehead atoms. The van der Waals surface area contributed by atoms with Gasteiger partial charge < -0.3 is 19.5 Å². The Morgan fingerprint density at radius 3 is 2.39 bits per heavy atom. The Kier molecular flexibility index (Phi) is 6.60. The predicted octanol–water partition coefficient (Wildman–Crippen LogP) is 3.01. The molecule has 1 aliphatic heterocycles. The zero-order valence-electron chi connectivity index (χ0n) is 16.3. The second-order valence-electron chi connectivity index (χ2n) is 6.54. The molecule has 2 aromatic carbocycles. The van der Waals surface area contributed by atoms with E-state index in [0.29, 0.717) is 31.1 Å². The summed E-state index contributed by atoms with van der Waals surface area (Å²) in [5, 5.41) is 2.42. The van der Waals surface area contributed by atoms with Crippen LogP contribution < -0.4 is 19.5 Å². The first kappa shape index (κ1) is 22.7. The van der Waals surface area contributed by atoms with Gasteiger partial charge >= 0.3 is 6.36 Å². The number of benzene rings is 2. The van der Waals surface area contributed by atoms with Crippen LogP contribution in [0.25, 0.3) is 0 Å². The predicted molar refractivity (Wildman–Crippen MR) is 104 cm³/mol. The van der Waals surface area contributed by atoms with Crippen LogP contribution >= 0.6 is 0 Å². The Balaban J connectivity index is 1.64. The minimum absolute atomic E-state index is 0.0688. The third-order valence-electron chi connectivity index (χ3n) is 4.17. The lowest BCUT2D eigenvalue weighted by molar-refractivity contribution is -0.274. The van der Waals surface area contributed by atoms with Crippen molar-refractivity contribution in [3.8, 4) is 17.2 Å². The number of hydrogen-bond acceptors (Lipinski definition) is 6. The van der Waals surface area contributed by atoms with E-state index in [4.69, 9.17) is 9.47 Å². The van der Waals surface area contributed by atoms with Crippen LogP contribution in [0.1, 0.15) is 6.42 Å². The average molecular weight is 460 g/mol. The molecule has 2 aromatic rings. The standard InChI is InChI=1S/C19H19F3N2O6S/c1-24(12-18(25)23-13-3-5-14(6-4-13)30-19(20,21)22)31(26,27)15-7-8-16-17(11-15)29-10-2-9-28-16/h3-8,11H,2,9-10,12H2,1H3,(H,23,25). The lowest BCUT2D eigenvalue weighted by Gasteiger charge is -2.18. The molecular weight excluding hydrogens is 441 g/mol. The van der Waals surface area contributed by atoms with Gasteiger partial charge in [-0.2, -0.15) is 4.31 Å². The molecule has 0 fully saturated rings. The monoisotopic (exact) mass is 460 g/mol. The summed E-state index contributed by atoms with van der Waals surface area (Å²) >= 11 is 0. The fourth-order valence-corrected chi connectivity index (χ4v) is 3.85. The number of nitrogens with one attached hydrogen (secondary N) is 1. The van der Waals surface area contributed by atoms with Crippen molar-refractivity contribution in [1.82, 2.24) is 4.31 Å². The number of nitrogens with zero attached hydrogens (tertiary/aromatic N) is 1. The van der Waals surface area contributed by atoms with E-state index in [2.05, 4.69) is 10.1 Å². The molecule has 0 saturated heterocycles. The summed E-state index contributed by atoms with van der Waals surface area (Å²) in [5.41, 5.74) is 0.181. The number of rotatable bonds is 6. The molecular formula is C19H19F3N2O6S. The Morgan fingerprint density at radius 2 is 1.74 bits per heavy atom. The molecule has 31 heavy (non-hydrogen) atoms. The van der Waals surface area contributed by atoms with E-state index in [1.165, 1.54) is 37.4 Å². The number of alkyl halides is 3. The SMILES string of the molecule is CN(CC(=O)Nc1ccc(OC(F)(F)F)cc1)S(=O)(=O)c1ccc2c(c1)OCCCO2. The van der Waals surface area contributed by atoms with Crippen LogP contribution in [0.5, 0.6) is 17.2 Å². The number of ether oxygens (including phenoxy) is 3. The van der Waals surface area contributed by atoms with Gasteiger partial charge in [0.15, 0.2) is 11.5 Å². The van der Waals surface area contributed by atoms with Gasteiger partial charge in [-0.3, -0.25) is 4.79 Å². The van der Waals surface area contributed by atoms with Gasteiger partial charge in [0.1, 0.15) is 5.75 Å². The highest BCUT2D eigenvalue weighted by Crippen LogP contribution is 2.32. The van der Waals surface area contributed by atoms with Gasteiger partial charge in [-0.25, -0.2) is 8.42 Å². The number of sulfonamides is 1. The van der Waals surface area contributed by atoms with Crippen molar-refractivity contribution in [3.05, 3.63) is 42.5 Å². The van der Waals surface area contributed by atoms with Crippen LogP contribution in [-0.2, 0) is 14.8 Å². The summed E-state index contributed by atoms with van der Waals surface area (Å²) in [5.74, 6) is -0.378. The maximum Gasteiger partial charge on any atom is 0.573 e. The van der Waals surface area contributed by atoms with Crippen LogP contribution in [0.2, 0.25) is 0 Å². The first-order valence-electron chi connectivity index (χ1n) is 9.06. The molecule has 1 amide bonds. The van der Waals surface area contributed by atoms with Crippen molar-refractivity contribution < 1.29 is 40.6 Å². The van der Waals surface area contributed by atoms with Gasteiger partial charge in [0, 0.05) is 25.2 Å². The highest BCUT2D eigenvalue weighted by atomic mass is 32.2. The fourth-order valence-electron chi connectivity index (χ4n) is 2.71. The van der Waals surface area contributed by atoms with E-state index in [1.54, 1.807) is 0 Å². The number of fused-ring (bicyclic) bond motifs is 1. The molecule has 12 heteroatoms. The van der Waals surface area contributed by atoms with E-state index in [9.17, 15) is 26.4 Å². The maximum atomic E-state index is 12.8. The molecule has 1 N–H and O–H groups in total. The molecule has 0 atom stereocenters. The van der Waals surface area contributed by atoms with Gasteiger partial charge in [0.2, 0.25) is 15.9 Å². The molecule has 1 aliphatic rings. The second kappa shape index (κ2) is 9.02. The maximum absolute atomic E-state index is 12.8. The van der Waals surface area contributed by atoms with Crippen LogP contribution in [0.3, 0.4) is 0 Å². The highest BCUT2D eigenvalue weighted by Gasteiger charge is 2.31. The molecule has 0 aliphatic carbocycles. The minimum atomic E-state index is -4.82. The molecule has 168 valence electrons. The Bertz CT molecular complexity index is 1040. The summed E-state index contributed by atoms with van der Waals surface area (Å²) in [4.78, 5) is 12.2. The number of carbonyl (C=O) groups is 1. The molecule has 0 saturated carbocycles. The summed E-state index contributed by atoms with van der Waals surface area (Å²) in [6.45, 7) is 0.335. The van der Waals surface area contributed by atoms with E-state index < -0.39 is 34.6 Å². The third kappa shape index (κ3) is 6.01. The zero-order valence-corrected chi connectivity index (χ0v) is 17.1. The fraction of sp³-hybridized carbons (Fsp3) is 0.316. The first-order valence-corrected chi connectivity index (χ1v) is 10.5. The van der Waals surface area contributed by atoms with Crippen LogP contribution in [0.4, 0.5) is 18.9 Å². The van der Waals surface area contributed by atoms with Gasteiger partial charge in [0.05, 0.1) is 24.7 Å². The van der Waals surface area contributed by atoms with Crippen LogP contribution in [-0.4, -0.2) is 51.8 Å². The Morgan fingerprint density at radius 1 is 1.10 bits per heavy atom. The van der Waals surface area contributed by atoms with E-state index in [1.807, 2.05) is 0 Å². The summed E-state index contributed by atoms with van der Waals surface area (Å²) < 4.78 is 77.7. The molecule has 3 rings (SSSR count). The molecule has 1 heterocycles. The van der Waals surface area contributed by atoms with Crippen LogP contribution in [0.15, 0.2) is 47.4 Å². The van der Waals surface area contributed by atoms with Gasteiger partial charge in [-0.05, 0) is 36.4 Å². The number of hydrogen-bond donors (Lipinski definition) is 1. The second-order valence-corrected chi connectivity index (χ2v) is 8.59. The molecule has 0 spiro atoms. The highest BCUT2D eigenvalue weighted by molar-refractivity contribution is 7.89. The number of anilines is 1. The topological polar surface area (TPSA) is 94.2 Å². The van der Waals surface area contributed by atoms with Crippen molar-refractivity contribution in [2.75, 3.05) is 32.1 Å².